The monoisotopic (exact) mass is 412 g/mol. The van der Waals surface area contributed by atoms with E-state index in [2.05, 4.69) is 4.74 Å². The van der Waals surface area contributed by atoms with Gasteiger partial charge >= 0.3 is 6.16 Å². The van der Waals surface area contributed by atoms with Crippen LogP contribution in [0.2, 0.25) is 0 Å². The maximum Gasteiger partial charge on any atom is 0.505 e. The highest BCUT2D eigenvalue weighted by molar-refractivity contribution is 8.00. The van der Waals surface area contributed by atoms with Crippen LogP contribution in [0.1, 0.15) is 30.6 Å². The van der Waals surface area contributed by atoms with Gasteiger partial charge in [0.05, 0.1) is 11.0 Å². The lowest BCUT2D eigenvalue weighted by Crippen LogP contribution is -2.41. The van der Waals surface area contributed by atoms with Gasteiger partial charge in [0.2, 0.25) is 18.6 Å². The summed E-state index contributed by atoms with van der Waals surface area (Å²) in [5.74, 6) is -0.282. The first-order valence-electron chi connectivity index (χ1n) is 8.22. The molecule has 0 spiro atoms. The minimum atomic E-state index is -1.55. The summed E-state index contributed by atoms with van der Waals surface area (Å²) >= 11 is 1.02. The molecule has 2 atom stereocenters. The van der Waals surface area contributed by atoms with Crippen molar-refractivity contribution in [3.05, 3.63) is 27.8 Å². The second-order valence-electron chi connectivity index (χ2n) is 5.99. The number of fused-ring (bicyclic) bond motifs is 1. The van der Waals surface area contributed by atoms with Crippen LogP contribution in [0.4, 0.5) is 10.5 Å². The second kappa shape index (κ2) is 7.92. The highest BCUT2D eigenvalue weighted by Crippen LogP contribution is 2.45. The molecular formula is C16H16N2O9S. The van der Waals surface area contributed by atoms with Crippen LogP contribution in [0, 0.1) is 10.1 Å². The van der Waals surface area contributed by atoms with E-state index in [0.717, 1.165) is 16.7 Å². The predicted molar refractivity (Wildman–Crippen MR) is 94.1 cm³/mol. The highest BCUT2D eigenvalue weighted by Gasteiger charge is 2.38. The van der Waals surface area contributed by atoms with E-state index in [1.165, 1.54) is 12.1 Å². The maximum absolute atomic E-state index is 12.1. The van der Waals surface area contributed by atoms with Crippen LogP contribution in [0.25, 0.3) is 0 Å². The van der Waals surface area contributed by atoms with Gasteiger partial charge in [-0.05, 0) is 13.0 Å². The predicted octanol–water partition coefficient (Wildman–Crippen LogP) is 2.29. The average molecular weight is 412 g/mol. The van der Waals surface area contributed by atoms with Gasteiger partial charge in [0, 0.05) is 23.7 Å². The van der Waals surface area contributed by atoms with Crippen LogP contribution < -0.4 is 9.47 Å². The molecule has 2 amide bonds. The first kappa shape index (κ1) is 19.7. The second-order valence-corrected chi connectivity index (χ2v) is 7.51. The van der Waals surface area contributed by atoms with Crippen molar-refractivity contribution in [1.82, 2.24) is 4.90 Å². The zero-order valence-corrected chi connectivity index (χ0v) is 15.5. The Balaban J connectivity index is 1.88. The summed E-state index contributed by atoms with van der Waals surface area (Å²) in [6.45, 7) is 1.15. The fraction of sp³-hybridized carbons (Fsp3) is 0.438. The van der Waals surface area contributed by atoms with E-state index in [0.29, 0.717) is 11.3 Å². The lowest BCUT2D eigenvalue weighted by atomic mass is 10.1. The normalized spacial score (nSPS) is 17.5. The first-order valence-corrected chi connectivity index (χ1v) is 9.16. The van der Waals surface area contributed by atoms with Crippen LogP contribution in [0.15, 0.2) is 12.1 Å². The third-order valence-corrected chi connectivity index (χ3v) is 5.57. The largest absolute Gasteiger partial charge is 0.505 e. The lowest BCUT2D eigenvalue weighted by molar-refractivity contribution is -0.385. The number of rotatable bonds is 7. The minimum absolute atomic E-state index is 0.0293. The van der Waals surface area contributed by atoms with E-state index in [4.69, 9.17) is 14.6 Å². The summed E-state index contributed by atoms with van der Waals surface area (Å²) < 4.78 is 15.0. The molecule has 2 unspecified atom stereocenters. The SMILES string of the molecule is CC(SC(COC(=O)O)N1C(=O)CCC1=O)c1cc2c(cc1[N+](=O)[O-])OCO2. The summed E-state index contributed by atoms with van der Waals surface area (Å²) in [6.07, 6.45) is -1.49. The van der Waals surface area contributed by atoms with E-state index in [-0.39, 0.29) is 31.1 Å². The van der Waals surface area contributed by atoms with Crippen LogP contribution >= 0.6 is 11.8 Å². The molecule has 1 fully saturated rings. The smallest absolute Gasteiger partial charge is 0.454 e. The first-order chi connectivity index (χ1) is 13.3. The molecule has 11 nitrogen and oxygen atoms in total. The Hall–Kier alpha value is -3.02. The molecule has 1 N–H and O–H groups in total. The van der Waals surface area contributed by atoms with Crippen molar-refractivity contribution in [2.45, 2.75) is 30.4 Å². The molecule has 1 saturated heterocycles. The third kappa shape index (κ3) is 3.96. The average Bonchev–Trinajstić information content (AvgIpc) is 3.23. The molecule has 3 rings (SSSR count). The Bertz CT molecular complexity index is 828. The summed E-state index contributed by atoms with van der Waals surface area (Å²) in [6, 6.07) is 2.73. The van der Waals surface area contributed by atoms with Gasteiger partial charge < -0.3 is 19.3 Å². The quantitative estimate of drug-likeness (QED) is 0.306. The number of imide groups is 1. The molecule has 150 valence electrons. The van der Waals surface area contributed by atoms with E-state index >= 15 is 0 Å². The molecule has 28 heavy (non-hydrogen) atoms. The Kier molecular flexibility index (Phi) is 5.58. The Labute approximate surface area is 162 Å². The summed E-state index contributed by atoms with van der Waals surface area (Å²) in [4.78, 5) is 46.8. The third-order valence-electron chi connectivity index (χ3n) is 4.25. The number of carboxylic acid groups (broad SMARTS) is 1. The van der Waals surface area contributed by atoms with Gasteiger partial charge in [-0.3, -0.25) is 24.6 Å². The number of benzene rings is 1. The van der Waals surface area contributed by atoms with Crippen molar-refractivity contribution in [3.63, 3.8) is 0 Å². The molecule has 0 aromatic heterocycles. The van der Waals surface area contributed by atoms with Crippen LogP contribution in [-0.2, 0) is 14.3 Å². The number of carbonyl (C=O) groups is 3. The van der Waals surface area contributed by atoms with Crippen LogP contribution in [0.5, 0.6) is 11.5 Å². The van der Waals surface area contributed by atoms with Gasteiger partial charge in [-0.15, -0.1) is 11.8 Å². The molecule has 1 aromatic rings. The molecular weight excluding hydrogens is 396 g/mol. The molecule has 2 aliphatic rings. The van der Waals surface area contributed by atoms with Gasteiger partial charge in [0.15, 0.2) is 11.5 Å². The number of amides is 2. The number of likely N-dealkylation sites (tertiary alicyclic amines) is 1. The lowest BCUT2D eigenvalue weighted by Gasteiger charge is -2.27. The highest BCUT2D eigenvalue weighted by atomic mass is 32.2. The van der Waals surface area contributed by atoms with Crippen LogP contribution in [-0.4, -0.2) is 51.7 Å². The number of nitro benzene ring substituents is 1. The summed E-state index contributed by atoms with van der Waals surface area (Å²) in [5, 5.41) is 18.7. The van der Waals surface area contributed by atoms with E-state index in [9.17, 15) is 24.5 Å². The number of nitro groups is 1. The Morgan fingerprint density at radius 2 is 1.93 bits per heavy atom. The van der Waals surface area contributed by atoms with Crippen molar-refractivity contribution in [3.8, 4) is 11.5 Å². The fourth-order valence-electron chi connectivity index (χ4n) is 2.97. The molecule has 12 heteroatoms. The van der Waals surface area contributed by atoms with Gasteiger partial charge in [0.1, 0.15) is 12.0 Å². The fourth-order valence-corrected chi connectivity index (χ4v) is 4.28. The van der Waals surface area contributed by atoms with Crippen molar-refractivity contribution < 1.29 is 38.6 Å². The zero-order chi connectivity index (χ0) is 20.4. The van der Waals surface area contributed by atoms with E-state index in [1.807, 2.05) is 0 Å². The number of carbonyl (C=O) groups excluding carboxylic acids is 2. The molecule has 2 aliphatic heterocycles. The van der Waals surface area contributed by atoms with Gasteiger partial charge in [-0.1, -0.05) is 0 Å². The molecule has 0 saturated carbocycles. The topological polar surface area (TPSA) is 146 Å². The summed E-state index contributed by atoms with van der Waals surface area (Å²) in [5.41, 5.74) is 0.0832. The zero-order valence-electron chi connectivity index (χ0n) is 14.7. The van der Waals surface area contributed by atoms with Crippen molar-refractivity contribution in [2.24, 2.45) is 0 Å². The number of hydrogen-bond donors (Lipinski definition) is 1. The van der Waals surface area contributed by atoms with Crippen molar-refractivity contribution >= 4 is 35.4 Å². The number of nitrogens with zero attached hydrogens (tertiary/aromatic N) is 2. The Morgan fingerprint density at radius 3 is 2.50 bits per heavy atom. The number of hydrogen-bond acceptors (Lipinski definition) is 9. The maximum atomic E-state index is 12.1. The van der Waals surface area contributed by atoms with Gasteiger partial charge in [-0.2, -0.15) is 0 Å². The molecule has 2 heterocycles. The standard InChI is InChI=1S/C16H16N2O9S/c1-8(9-4-11-12(27-7-26-11)5-10(9)18(23)24)28-15(6-25-16(21)22)17-13(19)2-3-14(17)20/h4-5,8,15H,2-3,6-7H2,1H3,(H,21,22). The molecule has 0 radical (unpaired) electrons. The van der Waals surface area contributed by atoms with Crippen molar-refractivity contribution in [1.29, 1.82) is 0 Å². The molecule has 0 bridgehead atoms. The molecule has 0 aliphatic carbocycles. The summed E-state index contributed by atoms with van der Waals surface area (Å²) in [7, 11) is 0. The van der Waals surface area contributed by atoms with Crippen LogP contribution in [0.3, 0.4) is 0 Å². The number of thioether (sulfide) groups is 1. The number of ether oxygens (including phenoxy) is 3. The van der Waals surface area contributed by atoms with E-state index < -0.39 is 40.1 Å². The van der Waals surface area contributed by atoms with E-state index in [1.54, 1.807) is 6.92 Å². The Morgan fingerprint density at radius 1 is 1.32 bits per heavy atom. The van der Waals surface area contributed by atoms with Gasteiger partial charge in [0.25, 0.3) is 5.69 Å². The van der Waals surface area contributed by atoms with Gasteiger partial charge in [-0.25, -0.2) is 4.79 Å². The minimum Gasteiger partial charge on any atom is -0.454 e. The molecule has 1 aromatic carbocycles. The van der Waals surface area contributed by atoms with Crippen molar-refractivity contribution in [2.75, 3.05) is 13.4 Å².